The van der Waals surface area contributed by atoms with Crippen LogP contribution in [0.1, 0.15) is 5.69 Å². The molecule has 0 radical (unpaired) electrons. The van der Waals surface area contributed by atoms with Crippen LogP contribution in [-0.4, -0.2) is 17.2 Å². The highest BCUT2D eigenvalue weighted by Crippen LogP contribution is 2.29. The van der Waals surface area contributed by atoms with Crippen LogP contribution in [-0.2, 0) is 6.54 Å². The Morgan fingerprint density at radius 3 is 3.07 bits per heavy atom. The first kappa shape index (κ1) is 9.71. The number of halogens is 1. The molecule has 0 atom stereocenters. The minimum absolute atomic E-state index is 0.790. The molecule has 0 aromatic carbocycles. The molecule has 0 aliphatic carbocycles. The molecule has 3 nitrogen and oxygen atoms in total. The lowest BCUT2D eigenvalue weighted by atomic mass is 10.3. The molecular formula is C9H10ClN3S. The Bertz CT molecular complexity index is 421. The molecular weight excluding hydrogens is 218 g/mol. The van der Waals surface area contributed by atoms with E-state index >= 15 is 0 Å². The van der Waals surface area contributed by atoms with Crippen LogP contribution in [0.25, 0.3) is 10.6 Å². The summed E-state index contributed by atoms with van der Waals surface area (Å²) in [5.74, 6) is 0. The van der Waals surface area contributed by atoms with Gasteiger partial charge in [-0.05, 0) is 25.2 Å². The van der Waals surface area contributed by atoms with E-state index in [0.717, 1.165) is 27.1 Å². The zero-order valence-corrected chi connectivity index (χ0v) is 9.25. The maximum Gasteiger partial charge on any atom is 0.102 e. The van der Waals surface area contributed by atoms with Gasteiger partial charge in [-0.1, -0.05) is 11.6 Å². The van der Waals surface area contributed by atoms with Gasteiger partial charge in [-0.3, -0.25) is 5.10 Å². The first-order valence-electron chi connectivity index (χ1n) is 4.24. The molecule has 0 saturated heterocycles. The number of thiophene rings is 1. The van der Waals surface area contributed by atoms with E-state index in [1.807, 2.05) is 25.2 Å². The van der Waals surface area contributed by atoms with E-state index in [0.29, 0.717) is 0 Å². The summed E-state index contributed by atoms with van der Waals surface area (Å²) in [5.41, 5.74) is 2.03. The van der Waals surface area contributed by atoms with Crippen LogP contribution in [0.2, 0.25) is 4.34 Å². The molecule has 0 aliphatic heterocycles. The second kappa shape index (κ2) is 4.13. The lowest BCUT2D eigenvalue weighted by molar-refractivity contribution is 0.784. The molecule has 2 aromatic heterocycles. The highest BCUT2D eigenvalue weighted by Gasteiger charge is 2.05. The molecule has 0 unspecified atom stereocenters. The minimum atomic E-state index is 0.790. The molecule has 0 saturated carbocycles. The maximum absolute atomic E-state index is 5.85. The van der Waals surface area contributed by atoms with E-state index in [9.17, 15) is 0 Å². The van der Waals surface area contributed by atoms with Gasteiger partial charge in [0, 0.05) is 12.2 Å². The normalized spacial score (nSPS) is 10.7. The zero-order chi connectivity index (χ0) is 9.97. The fraction of sp³-hybridized carbons (Fsp3) is 0.222. The van der Waals surface area contributed by atoms with Crippen molar-refractivity contribution in [2.75, 3.05) is 7.05 Å². The number of aromatic nitrogens is 2. The minimum Gasteiger partial charge on any atom is -0.314 e. The highest BCUT2D eigenvalue weighted by atomic mass is 35.5. The van der Waals surface area contributed by atoms with E-state index in [1.54, 1.807) is 0 Å². The number of nitrogens with one attached hydrogen (secondary N) is 2. The zero-order valence-electron chi connectivity index (χ0n) is 7.67. The molecule has 0 bridgehead atoms. The van der Waals surface area contributed by atoms with Crippen LogP contribution in [0.4, 0.5) is 0 Å². The van der Waals surface area contributed by atoms with Crippen LogP contribution >= 0.6 is 22.9 Å². The van der Waals surface area contributed by atoms with Gasteiger partial charge in [0.1, 0.15) is 5.69 Å². The van der Waals surface area contributed by atoms with E-state index in [2.05, 4.69) is 15.5 Å². The maximum atomic E-state index is 5.85. The number of hydrogen-bond donors (Lipinski definition) is 2. The first-order chi connectivity index (χ1) is 6.79. The van der Waals surface area contributed by atoms with Crippen molar-refractivity contribution in [3.63, 3.8) is 0 Å². The Morgan fingerprint density at radius 1 is 1.57 bits per heavy atom. The van der Waals surface area contributed by atoms with Crippen LogP contribution in [0.5, 0.6) is 0 Å². The molecule has 14 heavy (non-hydrogen) atoms. The number of nitrogens with zero attached hydrogens (tertiary/aromatic N) is 1. The summed E-state index contributed by atoms with van der Waals surface area (Å²) in [7, 11) is 1.91. The third-order valence-corrected chi connectivity index (χ3v) is 3.08. The molecule has 74 valence electrons. The summed E-state index contributed by atoms with van der Waals surface area (Å²) < 4.78 is 0.790. The Kier molecular flexibility index (Phi) is 2.86. The average molecular weight is 228 g/mol. The molecule has 2 aromatic rings. The number of rotatable bonds is 3. The van der Waals surface area contributed by atoms with Crippen molar-refractivity contribution in [3.05, 3.63) is 28.2 Å². The van der Waals surface area contributed by atoms with Crippen molar-refractivity contribution < 1.29 is 0 Å². The summed E-state index contributed by atoms with van der Waals surface area (Å²) in [4.78, 5) is 1.09. The van der Waals surface area contributed by atoms with Gasteiger partial charge in [0.15, 0.2) is 0 Å². The second-order valence-electron chi connectivity index (χ2n) is 2.91. The molecule has 0 amide bonds. The Morgan fingerprint density at radius 2 is 2.43 bits per heavy atom. The molecule has 2 rings (SSSR count). The predicted octanol–water partition coefficient (Wildman–Crippen LogP) is 2.51. The van der Waals surface area contributed by atoms with E-state index in [-0.39, 0.29) is 0 Å². The smallest absolute Gasteiger partial charge is 0.102 e. The van der Waals surface area contributed by atoms with Gasteiger partial charge in [-0.15, -0.1) is 11.3 Å². The quantitative estimate of drug-likeness (QED) is 0.846. The first-order valence-corrected chi connectivity index (χ1v) is 5.43. The number of aromatic amines is 1. The van der Waals surface area contributed by atoms with Gasteiger partial charge in [0.05, 0.1) is 9.21 Å². The molecule has 2 heterocycles. The molecule has 5 heteroatoms. The summed E-state index contributed by atoms with van der Waals surface area (Å²) in [6, 6.07) is 5.89. The van der Waals surface area contributed by atoms with E-state index in [4.69, 9.17) is 11.6 Å². The van der Waals surface area contributed by atoms with Crippen LogP contribution in [0.15, 0.2) is 18.2 Å². The van der Waals surface area contributed by atoms with Gasteiger partial charge in [-0.25, -0.2) is 0 Å². The average Bonchev–Trinajstić information content (AvgIpc) is 2.74. The number of hydrogen-bond acceptors (Lipinski definition) is 3. The van der Waals surface area contributed by atoms with Crippen molar-refractivity contribution in [2.45, 2.75) is 6.54 Å². The Hall–Kier alpha value is -0.840. The fourth-order valence-electron chi connectivity index (χ4n) is 1.22. The van der Waals surface area contributed by atoms with Gasteiger partial charge >= 0.3 is 0 Å². The standard InChI is InChI=1S/C9H10ClN3S/c1-11-5-6-4-7(13-12-6)8-2-3-9(10)14-8/h2-4,11H,5H2,1H3,(H,12,13). The Labute approximate surface area is 91.1 Å². The van der Waals surface area contributed by atoms with Gasteiger partial charge in [0.25, 0.3) is 0 Å². The predicted molar refractivity (Wildman–Crippen MR) is 59.7 cm³/mol. The second-order valence-corrected chi connectivity index (χ2v) is 4.63. The summed E-state index contributed by atoms with van der Waals surface area (Å²) in [5, 5.41) is 10.2. The third-order valence-electron chi connectivity index (χ3n) is 1.82. The van der Waals surface area contributed by atoms with Crippen LogP contribution in [0, 0.1) is 0 Å². The van der Waals surface area contributed by atoms with Gasteiger partial charge in [0.2, 0.25) is 0 Å². The van der Waals surface area contributed by atoms with E-state index < -0.39 is 0 Å². The fourth-order valence-corrected chi connectivity index (χ4v) is 2.22. The van der Waals surface area contributed by atoms with Crippen molar-refractivity contribution >= 4 is 22.9 Å². The largest absolute Gasteiger partial charge is 0.314 e. The molecule has 0 aliphatic rings. The monoisotopic (exact) mass is 227 g/mol. The SMILES string of the molecule is CNCc1cc(-c2ccc(Cl)s2)n[nH]1. The van der Waals surface area contributed by atoms with Crippen molar-refractivity contribution in [1.29, 1.82) is 0 Å². The summed E-state index contributed by atoms with van der Waals surface area (Å²) in [6.07, 6.45) is 0. The molecule has 0 fully saturated rings. The van der Waals surface area contributed by atoms with Crippen molar-refractivity contribution in [2.24, 2.45) is 0 Å². The molecule has 2 N–H and O–H groups in total. The lowest BCUT2D eigenvalue weighted by Crippen LogP contribution is -2.04. The lowest BCUT2D eigenvalue weighted by Gasteiger charge is -1.90. The summed E-state index contributed by atoms with van der Waals surface area (Å²) >= 11 is 7.38. The van der Waals surface area contributed by atoms with Crippen LogP contribution < -0.4 is 5.32 Å². The third kappa shape index (κ3) is 1.97. The van der Waals surface area contributed by atoms with Crippen molar-refractivity contribution in [3.8, 4) is 10.6 Å². The van der Waals surface area contributed by atoms with Gasteiger partial charge in [-0.2, -0.15) is 5.10 Å². The highest BCUT2D eigenvalue weighted by molar-refractivity contribution is 7.19. The van der Waals surface area contributed by atoms with E-state index in [1.165, 1.54) is 11.3 Å². The Balaban J connectivity index is 2.24. The number of H-pyrrole nitrogens is 1. The topological polar surface area (TPSA) is 40.7 Å². The van der Waals surface area contributed by atoms with Crippen LogP contribution in [0.3, 0.4) is 0 Å². The van der Waals surface area contributed by atoms with Crippen molar-refractivity contribution in [1.82, 2.24) is 15.5 Å². The van der Waals surface area contributed by atoms with Gasteiger partial charge < -0.3 is 5.32 Å². The molecule has 0 spiro atoms. The summed E-state index contributed by atoms with van der Waals surface area (Å²) in [6.45, 7) is 0.798.